The van der Waals surface area contributed by atoms with Crippen molar-refractivity contribution in [3.63, 3.8) is 0 Å². The SMILES string of the molecule is Nc1c(S/C=C/Cl)ccc2c1C(=O)c1ccccc1C2=O. The maximum Gasteiger partial charge on any atom is 0.196 e. The molecular formula is C16H10ClNO2S. The number of carbonyl (C=O) groups excluding carboxylic acids is 2. The number of carbonyl (C=O) groups is 2. The van der Waals surface area contributed by atoms with Crippen LogP contribution < -0.4 is 5.73 Å². The Bertz CT molecular complexity index is 799. The van der Waals surface area contributed by atoms with Gasteiger partial charge in [-0.3, -0.25) is 9.59 Å². The fourth-order valence-electron chi connectivity index (χ4n) is 2.39. The van der Waals surface area contributed by atoms with Crippen LogP contribution in [0.5, 0.6) is 0 Å². The summed E-state index contributed by atoms with van der Waals surface area (Å²) in [6.45, 7) is 0. The number of benzene rings is 2. The minimum atomic E-state index is -0.213. The molecule has 104 valence electrons. The standard InChI is InChI=1S/C16H10ClNO2S/c17-7-8-21-12-6-5-11-13(14(12)18)16(20)10-4-2-1-3-9(10)15(11)19/h1-8H,18H2/b8-7+. The quantitative estimate of drug-likeness (QED) is 0.576. The van der Waals surface area contributed by atoms with E-state index in [1.165, 1.54) is 17.3 Å². The second-order valence-corrected chi connectivity index (χ2v) is 5.68. The highest BCUT2D eigenvalue weighted by Gasteiger charge is 2.31. The Labute approximate surface area is 130 Å². The van der Waals surface area contributed by atoms with Gasteiger partial charge in [-0.2, -0.15) is 0 Å². The maximum atomic E-state index is 12.6. The molecule has 0 amide bonds. The Morgan fingerprint density at radius 3 is 2.29 bits per heavy atom. The van der Waals surface area contributed by atoms with Crippen LogP contribution >= 0.6 is 23.4 Å². The third-order valence-corrected chi connectivity index (χ3v) is 4.50. The molecule has 2 aromatic carbocycles. The van der Waals surface area contributed by atoms with E-state index in [0.29, 0.717) is 27.3 Å². The number of nitrogen functional groups attached to an aromatic ring is 1. The molecule has 0 bridgehead atoms. The summed E-state index contributed by atoms with van der Waals surface area (Å²) in [5.41, 5.74) is 9.24. The van der Waals surface area contributed by atoms with Crippen molar-refractivity contribution in [1.82, 2.24) is 0 Å². The zero-order valence-electron chi connectivity index (χ0n) is 10.8. The minimum absolute atomic E-state index is 0.170. The smallest absolute Gasteiger partial charge is 0.196 e. The number of ketones is 2. The summed E-state index contributed by atoms with van der Waals surface area (Å²) in [6, 6.07) is 10.2. The number of fused-ring (bicyclic) bond motifs is 2. The molecule has 0 aliphatic heterocycles. The molecule has 0 fully saturated rings. The maximum absolute atomic E-state index is 12.6. The lowest BCUT2D eigenvalue weighted by molar-refractivity contribution is 0.0979. The Balaban J connectivity index is 2.21. The van der Waals surface area contributed by atoms with E-state index in [1.807, 2.05) is 0 Å². The summed E-state index contributed by atoms with van der Waals surface area (Å²) < 4.78 is 0. The lowest BCUT2D eigenvalue weighted by atomic mass is 9.83. The van der Waals surface area contributed by atoms with Crippen molar-refractivity contribution < 1.29 is 9.59 Å². The van der Waals surface area contributed by atoms with Crippen molar-refractivity contribution in [2.75, 3.05) is 5.73 Å². The van der Waals surface area contributed by atoms with Crippen LogP contribution in [0.2, 0.25) is 0 Å². The predicted octanol–water partition coefficient (Wildman–Crippen LogP) is 3.85. The molecular weight excluding hydrogens is 306 g/mol. The van der Waals surface area contributed by atoms with Crippen LogP contribution in [0.25, 0.3) is 0 Å². The molecule has 21 heavy (non-hydrogen) atoms. The van der Waals surface area contributed by atoms with Crippen LogP contribution in [0.4, 0.5) is 5.69 Å². The predicted molar refractivity (Wildman–Crippen MR) is 85.0 cm³/mol. The Kier molecular flexibility index (Phi) is 3.57. The Morgan fingerprint density at radius 1 is 0.952 bits per heavy atom. The van der Waals surface area contributed by atoms with Crippen molar-refractivity contribution >= 4 is 40.6 Å². The number of nitrogens with two attached hydrogens (primary N) is 1. The first-order chi connectivity index (χ1) is 10.1. The second-order valence-electron chi connectivity index (χ2n) is 4.48. The van der Waals surface area contributed by atoms with Crippen molar-refractivity contribution in [2.24, 2.45) is 0 Å². The van der Waals surface area contributed by atoms with Crippen molar-refractivity contribution in [3.8, 4) is 0 Å². The zero-order valence-corrected chi connectivity index (χ0v) is 12.4. The van der Waals surface area contributed by atoms with Crippen LogP contribution in [-0.2, 0) is 0 Å². The van der Waals surface area contributed by atoms with E-state index in [0.717, 1.165) is 0 Å². The molecule has 0 unspecified atom stereocenters. The Morgan fingerprint density at radius 2 is 1.62 bits per heavy atom. The number of hydrogen-bond acceptors (Lipinski definition) is 4. The fraction of sp³-hybridized carbons (Fsp3) is 0. The number of hydrogen-bond donors (Lipinski definition) is 1. The largest absolute Gasteiger partial charge is 0.397 e. The van der Waals surface area contributed by atoms with Gasteiger partial charge in [0.2, 0.25) is 0 Å². The van der Waals surface area contributed by atoms with E-state index in [2.05, 4.69) is 0 Å². The molecule has 3 nitrogen and oxygen atoms in total. The van der Waals surface area contributed by atoms with Crippen LogP contribution in [0.15, 0.2) is 52.2 Å². The van der Waals surface area contributed by atoms with Gasteiger partial charge in [0.1, 0.15) is 0 Å². The third kappa shape index (κ3) is 2.17. The van der Waals surface area contributed by atoms with E-state index in [1.54, 1.807) is 41.8 Å². The van der Waals surface area contributed by atoms with Gasteiger partial charge in [-0.15, -0.1) is 0 Å². The molecule has 1 aliphatic carbocycles. The highest BCUT2D eigenvalue weighted by molar-refractivity contribution is 8.02. The molecule has 5 heteroatoms. The van der Waals surface area contributed by atoms with Gasteiger partial charge in [0.15, 0.2) is 11.6 Å². The summed E-state index contributed by atoms with van der Waals surface area (Å²) in [5.74, 6) is -0.383. The summed E-state index contributed by atoms with van der Waals surface area (Å²) >= 11 is 6.81. The monoisotopic (exact) mass is 315 g/mol. The van der Waals surface area contributed by atoms with Crippen LogP contribution in [0.1, 0.15) is 31.8 Å². The van der Waals surface area contributed by atoms with E-state index < -0.39 is 0 Å². The van der Waals surface area contributed by atoms with E-state index in [9.17, 15) is 9.59 Å². The topological polar surface area (TPSA) is 60.2 Å². The van der Waals surface area contributed by atoms with Gasteiger partial charge in [-0.25, -0.2) is 0 Å². The molecule has 0 saturated carbocycles. The lowest BCUT2D eigenvalue weighted by Gasteiger charge is -2.20. The number of halogens is 1. The molecule has 0 heterocycles. The number of anilines is 1. The first-order valence-corrected chi connectivity index (χ1v) is 7.49. The molecule has 3 rings (SSSR count). The number of thioether (sulfide) groups is 1. The van der Waals surface area contributed by atoms with E-state index in [-0.39, 0.29) is 17.1 Å². The summed E-state index contributed by atoms with van der Waals surface area (Å²) in [7, 11) is 0. The molecule has 0 saturated heterocycles. The molecule has 1 aliphatic rings. The van der Waals surface area contributed by atoms with Gasteiger partial charge in [-0.1, -0.05) is 47.6 Å². The average molecular weight is 316 g/mol. The fourth-order valence-corrected chi connectivity index (χ4v) is 3.12. The van der Waals surface area contributed by atoms with E-state index >= 15 is 0 Å². The van der Waals surface area contributed by atoms with Gasteiger partial charge in [0, 0.05) is 27.1 Å². The molecule has 0 aromatic heterocycles. The minimum Gasteiger partial charge on any atom is -0.397 e. The van der Waals surface area contributed by atoms with E-state index in [4.69, 9.17) is 17.3 Å². The van der Waals surface area contributed by atoms with Gasteiger partial charge < -0.3 is 5.73 Å². The van der Waals surface area contributed by atoms with Gasteiger partial charge in [0.25, 0.3) is 0 Å². The second kappa shape index (κ2) is 5.39. The normalized spacial score (nSPS) is 13.4. The summed E-state index contributed by atoms with van der Waals surface area (Å²) in [6.07, 6.45) is 0. The summed E-state index contributed by atoms with van der Waals surface area (Å²) in [5, 5.41) is 1.66. The van der Waals surface area contributed by atoms with Gasteiger partial charge >= 0.3 is 0 Å². The molecule has 2 aromatic rings. The highest BCUT2D eigenvalue weighted by atomic mass is 35.5. The van der Waals surface area contributed by atoms with Crippen molar-refractivity contribution in [2.45, 2.75) is 4.90 Å². The van der Waals surface area contributed by atoms with Gasteiger partial charge in [-0.05, 0) is 17.5 Å². The average Bonchev–Trinajstić information content (AvgIpc) is 2.51. The van der Waals surface area contributed by atoms with Crippen LogP contribution in [-0.4, -0.2) is 11.6 Å². The zero-order chi connectivity index (χ0) is 15.0. The first kappa shape index (κ1) is 13.9. The summed E-state index contributed by atoms with van der Waals surface area (Å²) in [4.78, 5) is 25.8. The molecule has 0 spiro atoms. The highest BCUT2D eigenvalue weighted by Crippen LogP contribution is 2.36. The molecule has 0 atom stereocenters. The lowest BCUT2D eigenvalue weighted by Crippen LogP contribution is -2.22. The first-order valence-electron chi connectivity index (χ1n) is 6.18. The van der Waals surface area contributed by atoms with Crippen molar-refractivity contribution in [1.29, 1.82) is 0 Å². The Hall–Kier alpha value is -2.04. The van der Waals surface area contributed by atoms with Gasteiger partial charge in [0.05, 0.1) is 11.3 Å². The third-order valence-electron chi connectivity index (χ3n) is 3.34. The number of rotatable bonds is 2. The van der Waals surface area contributed by atoms with Crippen LogP contribution in [0, 0.1) is 0 Å². The van der Waals surface area contributed by atoms with Crippen LogP contribution in [0.3, 0.4) is 0 Å². The molecule has 0 radical (unpaired) electrons. The van der Waals surface area contributed by atoms with Crippen molar-refractivity contribution in [3.05, 3.63) is 69.6 Å². The molecule has 2 N–H and O–H groups in total.